The van der Waals surface area contributed by atoms with Crippen molar-refractivity contribution in [2.45, 2.75) is 25.9 Å². The Morgan fingerprint density at radius 3 is 2.41 bits per heavy atom. The second-order valence-corrected chi connectivity index (χ2v) is 3.50. The monoisotopic (exact) mass is 240 g/mol. The Morgan fingerprint density at radius 2 is 2.12 bits per heavy atom. The van der Waals surface area contributed by atoms with Gasteiger partial charge in [-0.2, -0.15) is 0 Å². The Labute approximate surface area is 101 Å². The topological polar surface area (TPSA) is 98.6 Å². The summed E-state index contributed by atoms with van der Waals surface area (Å²) in [6.07, 6.45) is 2.58. The van der Waals surface area contributed by atoms with Gasteiger partial charge < -0.3 is 21.3 Å². The van der Waals surface area contributed by atoms with Crippen molar-refractivity contribution in [1.29, 1.82) is 0 Å². The van der Waals surface area contributed by atoms with Gasteiger partial charge in [-0.05, 0) is 24.6 Å². The quantitative estimate of drug-likeness (QED) is 0.543. The average Bonchev–Trinajstić information content (AvgIpc) is 2.29. The smallest absolute Gasteiger partial charge is 0.160 e. The van der Waals surface area contributed by atoms with Crippen LogP contribution in [0.2, 0.25) is 0 Å². The molecule has 1 rings (SSSR count). The number of aromatic hydroxyl groups is 1. The van der Waals surface area contributed by atoms with Gasteiger partial charge in [-0.3, -0.25) is 4.79 Å². The Bertz CT molecular complexity index is 341. The lowest BCUT2D eigenvalue weighted by atomic mass is 10.2. The largest absolute Gasteiger partial charge is 0.504 e. The SMILES string of the molecule is CCCC(N)N.COc1ccc(C=O)cc1O. The molecule has 0 aromatic heterocycles. The zero-order valence-corrected chi connectivity index (χ0v) is 10.2. The zero-order valence-electron chi connectivity index (χ0n) is 10.2. The van der Waals surface area contributed by atoms with Gasteiger partial charge in [0.05, 0.1) is 13.3 Å². The van der Waals surface area contributed by atoms with Crippen LogP contribution in [0.4, 0.5) is 0 Å². The molecule has 1 aromatic carbocycles. The summed E-state index contributed by atoms with van der Waals surface area (Å²) in [6.45, 7) is 2.06. The molecule has 0 heterocycles. The highest BCUT2D eigenvalue weighted by Crippen LogP contribution is 2.25. The van der Waals surface area contributed by atoms with Crippen molar-refractivity contribution in [3.05, 3.63) is 23.8 Å². The molecule has 0 atom stereocenters. The summed E-state index contributed by atoms with van der Waals surface area (Å²) in [7, 11) is 1.45. The first kappa shape index (κ1) is 15.4. The number of nitrogens with two attached hydrogens (primary N) is 2. The van der Waals surface area contributed by atoms with Crippen molar-refractivity contribution >= 4 is 6.29 Å². The maximum absolute atomic E-state index is 10.2. The third-order valence-corrected chi connectivity index (χ3v) is 1.96. The fourth-order valence-corrected chi connectivity index (χ4v) is 1.11. The van der Waals surface area contributed by atoms with Gasteiger partial charge in [0, 0.05) is 5.56 Å². The van der Waals surface area contributed by atoms with Gasteiger partial charge in [0.2, 0.25) is 0 Å². The Kier molecular flexibility index (Phi) is 7.75. The number of phenolic OH excluding ortho intramolecular Hbond substituents is 1. The van der Waals surface area contributed by atoms with E-state index in [9.17, 15) is 4.79 Å². The fourth-order valence-electron chi connectivity index (χ4n) is 1.11. The second-order valence-electron chi connectivity index (χ2n) is 3.50. The minimum absolute atomic E-state index is 0.0166. The van der Waals surface area contributed by atoms with E-state index in [1.807, 2.05) is 0 Å². The van der Waals surface area contributed by atoms with Crippen molar-refractivity contribution in [2.75, 3.05) is 7.11 Å². The van der Waals surface area contributed by atoms with Crippen LogP contribution < -0.4 is 16.2 Å². The number of benzene rings is 1. The molecule has 0 spiro atoms. The fraction of sp³-hybridized carbons (Fsp3) is 0.417. The molecule has 17 heavy (non-hydrogen) atoms. The molecule has 5 heteroatoms. The van der Waals surface area contributed by atoms with E-state index >= 15 is 0 Å². The number of hydrogen-bond donors (Lipinski definition) is 3. The normalized spacial score (nSPS) is 9.47. The molecule has 96 valence electrons. The first-order valence-electron chi connectivity index (χ1n) is 5.38. The highest BCUT2D eigenvalue weighted by atomic mass is 16.5. The molecule has 5 N–H and O–H groups in total. The standard InChI is InChI=1S/C8H8O3.C4H12N2/c1-11-8-3-2-6(5-9)4-7(8)10;1-2-3-4(5)6/h2-5,10H,1H3;4H,2-3,5-6H2,1H3. The average molecular weight is 240 g/mol. The van der Waals surface area contributed by atoms with Gasteiger partial charge in [0.1, 0.15) is 6.29 Å². The maximum Gasteiger partial charge on any atom is 0.160 e. The third kappa shape index (κ3) is 6.55. The molecular formula is C12H20N2O3. The number of rotatable bonds is 4. The lowest BCUT2D eigenvalue weighted by molar-refractivity contribution is 0.112. The Hall–Kier alpha value is -1.59. The van der Waals surface area contributed by atoms with E-state index in [1.165, 1.54) is 13.2 Å². The van der Waals surface area contributed by atoms with Gasteiger partial charge in [0.15, 0.2) is 11.5 Å². The number of ether oxygens (including phenoxy) is 1. The number of carbonyl (C=O) groups is 1. The van der Waals surface area contributed by atoms with Crippen LogP contribution in [0.1, 0.15) is 30.1 Å². The van der Waals surface area contributed by atoms with E-state index < -0.39 is 0 Å². The lowest BCUT2D eigenvalue weighted by Gasteiger charge is -2.01. The second kappa shape index (κ2) is 8.55. The molecule has 0 aliphatic rings. The molecule has 0 saturated heterocycles. The van der Waals surface area contributed by atoms with Crippen molar-refractivity contribution in [3.8, 4) is 11.5 Å². The van der Waals surface area contributed by atoms with Crippen LogP contribution in [0.3, 0.4) is 0 Å². The molecule has 0 unspecified atom stereocenters. The van der Waals surface area contributed by atoms with Crippen LogP contribution in [0.25, 0.3) is 0 Å². The summed E-state index contributed by atoms with van der Waals surface area (Å²) in [5, 5.41) is 9.14. The van der Waals surface area contributed by atoms with E-state index in [0.29, 0.717) is 17.6 Å². The van der Waals surface area contributed by atoms with Gasteiger partial charge in [-0.15, -0.1) is 0 Å². The summed E-state index contributed by atoms with van der Waals surface area (Å²) >= 11 is 0. The van der Waals surface area contributed by atoms with Crippen LogP contribution in [-0.2, 0) is 0 Å². The molecule has 0 aliphatic carbocycles. The number of hydrogen-bond acceptors (Lipinski definition) is 5. The van der Waals surface area contributed by atoms with Gasteiger partial charge in [-0.1, -0.05) is 13.3 Å². The van der Waals surface area contributed by atoms with Crippen LogP contribution in [0, 0.1) is 0 Å². The van der Waals surface area contributed by atoms with Gasteiger partial charge in [-0.25, -0.2) is 0 Å². The highest BCUT2D eigenvalue weighted by Gasteiger charge is 2.00. The van der Waals surface area contributed by atoms with Gasteiger partial charge >= 0.3 is 0 Å². The van der Waals surface area contributed by atoms with Crippen molar-refractivity contribution < 1.29 is 14.6 Å². The predicted molar refractivity (Wildman–Crippen MR) is 67.1 cm³/mol. The van der Waals surface area contributed by atoms with Crippen molar-refractivity contribution in [1.82, 2.24) is 0 Å². The van der Waals surface area contributed by atoms with Crippen LogP contribution in [-0.4, -0.2) is 24.7 Å². The first-order valence-corrected chi connectivity index (χ1v) is 5.38. The summed E-state index contributed by atoms with van der Waals surface area (Å²) in [5.41, 5.74) is 10.8. The van der Waals surface area contributed by atoms with Crippen LogP contribution >= 0.6 is 0 Å². The molecule has 1 aromatic rings. The summed E-state index contributed by atoms with van der Waals surface area (Å²) in [4.78, 5) is 10.2. The zero-order chi connectivity index (χ0) is 13.3. The summed E-state index contributed by atoms with van der Waals surface area (Å²) in [5.74, 6) is 0.354. The Morgan fingerprint density at radius 1 is 1.47 bits per heavy atom. The molecule has 0 fully saturated rings. The molecule has 0 amide bonds. The molecule has 5 nitrogen and oxygen atoms in total. The number of carbonyl (C=O) groups excluding carboxylic acids is 1. The first-order chi connectivity index (χ1) is 8.04. The predicted octanol–water partition coefficient (Wildman–Crippen LogP) is 1.24. The minimum atomic E-state index is -0.102. The van der Waals surface area contributed by atoms with E-state index in [4.69, 9.17) is 21.3 Å². The third-order valence-electron chi connectivity index (χ3n) is 1.96. The van der Waals surface area contributed by atoms with Crippen molar-refractivity contribution in [2.24, 2.45) is 11.5 Å². The van der Waals surface area contributed by atoms with E-state index in [1.54, 1.807) is 12.1 Å². The summed E-state index contributed by atoms with van der Waals surface area (Å²) < 4.78 is 4.78. The van der Waals surface area contributed by atoms with E-state index in [2.05, 4.69) is 6.92 Å². The number of aldehydes is 1. The van der Waals surface area contributed by atoms with Gasteiger partial charge in [0.25, 0.3) is 0 Å². The molecule has 0 bridgehead atoms. The molecule has 0 radical (unpaired) electrons. The highest BCUT2D eigenvalue weighted by molar-refractivity contribution is 5.76. The summed E-state index contributed by atoms with van der Waals surface area (Å²) in [6, 6.07) is 4.47. The lowest BCUT2D eigenvalue weighted by Crippen LogP contribution is -2.29. The molecule has 0 aliphatic heterocycles. The minimum Gasteiger partial charge on any atom is -0.504 e. The number of phenols is 1. The van der Waals surface area contributed by atoms with E-state index in [-0.39, 0.29) is 11.9 Å². The number of methoxy groups -OCH3 is 1. The van der Waals surface area contributed by atoms with Crippen LogP contribution in [0.15, 0.2) is 18.2 Å². The molecular weight excluding hydrogens is 220 g/mol. The Balaban J connectivity index is 0.000000366. The van der Waals surface area contributed by atoms with Crippen LogP contribution in [0.5, 0.6) is 11.5 Å². The molecule has 0 saturated carbocycles. The van der Waals surface area contributed by atoms with Crippen molar-refractivity contribution in [3.63, 3.8) is 0 Å². The maximum atomic E-state index is 10.2. The van der Waals surface area contributed by atoms with E-state index in [0.717, 1.165) is 12.8 Å².